The first kappa shape index (κ1) is 15.5. The van der Waals surface area contributed by atoms with Crippen molar-refractivity contribution in [3.63, 3.8) is 0 Å². The van der Waals surface area contributed by atoms with Gasteiger partial charge in [-0.1, -0.05) is 13.0 Å². The minimum Gasteiger partial charge on any atom is -0.490 e. The van der Waals surface area contributed by atoms with E-state index in [0.717, 1.165) is 0 Å². The lowest BCUT2D eigenvalue weighted by Crippen LogP contribution is -2.25. The Labute approximate surface area is 114 Å². The molecule has 0 amide bonds. The van der Waals surface area contributed by atoms with E-state index in [-0.39, 0.29) is 22.3 Å². The molecular weight excluding hydrogens is 264 g/mol. The monoisotopic (exact) mass is 282 g/mol. The molecule has 0 radical (unpaired) electrons. The summed E-state index contributed by atoms with van der Waals surface area (Å²) in [5.41, 5.74) is 0.0415. The summed E-state index contributed by atoms with van der Waals surface area (Å²) in [5, 5.41) is 9.18. The zero-order valence-corrected chi connectivity index (χ0v) is 12.1. The molecule has 0 spiro atoms. The second-order valence-corrected chi connectivity index (χ2v) is 6.04. The average molecular weight is 282 g/mol. The summed E-state index contributed by atoms with van der Waals surface area (Å²) < 4.78 is 32.1. The van der Waals surface area contributed by atoms with Gasteiger partial charge in [0.05, 0.1) is 6.10 Å². The summed E-state index contributed by atoms with van der Waals surface area (Å²) in [6, 6.07) is 6.48. The number of sulfonamides is 1. The first-order valence-electron chi connectivity index (χ1n) is 6.11. The maximum Gasteiger partial charge on any atom is 0.242 e. The molecule has 6 heteroatoms. The van der Waals surface area contributed by atoms with Crippen LogP contribution in [0.25, 0.3) is 0 Å². The van der Waals surface area contributed by atoms with Crippen LogP contribution in [-0.2, 0) is 10.0 Å². The lowest BCUT2D eigenvalue weighted by atomic mass is 10.2. The molecule has 1 aromatic rings. The predicted molar refractivity (Wildman–Crippen MR) is 72.4 cm³/mol. The zero-order chi connectivity index (χ0) is 14.5. The van der Waals surface area contributed by atoms with E-state index in [9.17, 15) is 13.7 Å². The summed E-state index contributed by atoms with van der Waals surface area (Å²) in [7, 11) is -3.68. The van der Waals surface area contributed by atoms with E-state index in [4.69, 9.17) is 4.74 Å². The minimum absolute atomic E-state index is 0.0402. The highest BCUT2D eigenvalue weighted by molar-refractivity contribution is 7.89. The first-order valence-corrected chi connectivity index (χ1v) is 7.60. The molecule has 0 atom stereocenters. The minimum atomic E-state index is -3.68. The Bertz CT molecular complexity index is 574. The highest BCUT2D eigenvalue weighted by Crippen LogP contribution is 2.25. The van der Waals surface area contributed by atoms with Gasteiger partial charge in [-0.25, -0.2) is 13.1 Å². The largest absolute Gasteiger partial charge is 0.490 e. The van der Waals surface area contributed by atoms with Gasteiger partial charge < -0.3 is 4.74 Å². The van der Waals surface area contributed by atoms with Crippen molar-refractivity contribution in [3.8, 4) is 11.8 Å². The van der Waals surface area contributed by atoms with Gasteiger partial charge in [0.25, 0.3) is 0 Å². The molecule has 0 aliphatic heterocycles. The molecule has 0 saturated heterocycles. The summed E-state index contributed by atoms with van der Waals surface area (Å²) >= 11 is 0. The van der Waals surface area contributed by atoms with Crippen molar-refractivity contribution in [2.75, 3.05) is 6.54 Å². The summed E-state index contributed by atoms with van der Waals surface area (Å²) in [4.78, 5) is -0.0402. The number of ether oxygens (including phenoxy) is 1. The van der Waals surface area contributed by atoms with Crippen LogP contribution in [0.1, 0.15) is 32.8 Å². The Balaban J connectivity index is 3.26. The van der Waals surface area contributed by atoms with E-state index in [1.165, 1.54) is 6.07 Å². The lowest BCUT2D eigenvalue weighted by molar-refractivity contribution is 0.241. The molecule has 0 unspecified atom stereocenters. The quantitative estimate of drug-likeness (QED) is 0.866. The van der Waals surface area contributed by atoms with E-state index in [1.807, 2.05) is 26.8 Å². The van der Waals surface area contributed by atoms with Crippen LogP contribution < -0.4 is 9.46 Å². The fraction of sp³-hybridized carbons (Fsp3) is 0.462. The number of nitrogens with one attached hydrogen (secondary N) is 1. The Morgan fingerprint density at radius 1 is 1.42 bits per heavy atom. The van der Waals surface area contributed by atoms with E-state index >= 15 is 0 Å². The van der Waals surface area contributed by atoms with Crippen LogP contribution in [0.15, 0.2) is 23.1 Å². The standard InChI is InChI=1S/C13H18N2O3S/c1-4-8-15-19(16,17)13-7-5-6-12(11(13)9-14)18-10(2)3/h5-7,10,15H,4,8H2,1-3H3. The van der Waals surface area contributed by atoms with E-state index < -0.39 is 10.0 Å². The molecule has 0 aliphatic rings. The highest BCUT2D eigenvalue weighted by atomic mass is 32.2. The number of hydrogen-bond acceptors (Lipinski definition) is 4. The maximum atomic E-state index is 12.1. The van der Waals surface area contributed by atoms with Gasteiger partial charge >= 0.3 is 0 Å². The van der Waals surface area contributed by atoms with Crippen LogP contribution in [0.4, 0.5) is 0 Å². The molecule has 0 bridgehead atoms. The van der Waals surface area contributed by atoms with Crippen molar-refractivity contribution in [2.45, 2.75) is 38.2 Å². The lowest BCUT2D eigenvalue weighted by Gasteiger charge is -2.14. The van der Waals surface area contributed by atoms with Gasteiger partial charge in [0.15, 0.2) is 0 Å². The second-order valence-electron chi connectivity index (χ2n) is 4.31. The topological polar surface area (TPSA) is 79.2 Å². The highest BCUT2D eigenvalue weighted by Gasteiger charge is 2.21. The third-order valence-electron chi connectivity index (χ3n) is 2.29. The zero-order valence-electron chi connectivity index (χ0n) is 11.3. The number of hydrogen-bond donors (Lipinski definition) is 1. The number of benzene rings is 1. The van der Waals surface area contributed by atoms with Gasteiger partial charge in [0.1, 0.15) is 22.3 Å². The predicted octanol–water partition coefficient (Wildman–Crippen LogP) is 2.03. The number of nitrogens with zero attached hydrogens (tertiary/aromatic N) is 1. The van der Waals surface area contributed by atoms with E-state index in [0.29, 0.717) is 13.0 Å². The molecule has 1 rings (SSSR count). The molecule has 104 valence electrons. The van der Waals surface area contributed by atoms with Crippen molar-refractivity contribution in [3.05, 3.63) is 23.8 Å². The fourth-order valence-electron chi connectivity index (χ4n) is 1.51. The van der Waals surface area contributed by atoms with Crippen molar-refractivity contribution in [1.29, 1.82) is 5.26 Å². The normalized spacial score (nSPS) is 11.3. The molecule has 1 aromatic carbocycles. The van der Waals surface area contributed by atoms with E-state index in [1.54, 1.807) is 12.1 Å². The summed E-state index contributed by atoms with van der Waals surface area (Å²) in [6.45, 7) is 5.84. The van der Waals surface area contributed by atoms with Crippen molar-refractivity contribution in [2.24, 2.45) is 0 Å². The molecule has 0 saturated carbocycles. The van der Waals surface area contributed by atoms with Crippen LogP contribution in [0.5, 0.6) is 5.75 Å². The average Bonchev–Trinajstić information content (AvgIpc) is 2.35. The smallest absolute Gasteiger partial charge is 0.242 e. The molecule has 0 aromatic heterocycles. The van der Waals surface area contributed by atoms with Crippen LogP contribution in [0.3, 0.4) is 0 Å². The van der Waals surface area contributed by atoms with Gasteiger partial charge in [-0.3, -0.25) is 0 Å². The van der Waals surface area contributed by atoms with E-state index in [2.05, 4.69) is 4.72 Å². The molecule has 19 heavy (non-hydrogen) atoms. The Morgan fingerprint density at radius 3 is 2.63 bits per heavy atom. The third kappa shape index (κ3) is 3.94. The molecular formula is C13H18N2O3S. The fourth-order valence-corrected chi connectivity index (χ4v) is 2.81. The number of nitriles is 1. The molecule has 0 heterocycles. The van der Waals surface area contributed by atoms with Gasteiger partial charge in [-0.05, 0) is 32.4 Å². The number of rotatable bonds is 6. The van der Waals surface area contributed by atoms with Crippen LogP contribution >= 0.6 is 0 Å². The van der Waals surface area contributed by atoms with Gasteiger partial charge in [0.2, 0.25) is 10.0 Å². The van der Waals surface area contributed by atoms with Crippen molar-refractivity contribution < 1.29 is 13.2 Å². The summed E-state index contributed by atoms with van der Waals surface area (Å²) in [6.07, 6.45) is 0.553. The first-order chi connectivity index (χ1) is 8.92. The Hall–Kier alpha value is -1.58. The van der Waals surface area contributed by atoms with Crippen molar-refractivity contribution >= 4 is 10.0 Å². The van der Waals surface area contributed by atoms with Crippen molar-refractivity contribution in [1.82, 2.24) is 4.72 Å². The summed E-state index contributed by atoms with van der Waals surface area (Å²) in [5.74, 6) is 0.289. The van der Waals surface area contributed by atoms with Crippen LogP contribution in [-0.4, -0.2) is 21.1 Å². The van der Waals surface area contributed by atoms with Gasteiger partial charge in [-0.15, -0.1) is 0 Å². The SMILES string of the molecule is CCCNS(=O)(=O)c1cccc(OC(C)C)c1C#N. The Kier molecular flexibility index (Phi) is 5.33. The Morgan fingerprint density at radius 2 is 2.11 bits per heavy atom. The molecule has 5 nitrogen and oxygen atoms in total. The third-order valence-corrected chi connectivity index (χ3v) is 3.80. The molecule has 1 N–H and O–H groups in total. The van der Waals surface area contributed by atoms with Gasteiger partial charge in [0, 0.05) is 6.54 Å². The van der Waals surface area contributed by atoms with Gasteiger partial charge in [-0.2, -0.15) is 5.26 Å². The molecule has 0 aliphatic carbocycles. The maximum absolute atomic E-state index is 12.1. The second kappa shape index (κ2) is 6.55. The van der Waals surface area contributed by atoms with Crippen LogP contribution in [0, 0.1) is 11.3 Å². The van der Waals surface area contributed by atoms with Crippen LogP contribution in [0.2, 0.25) is 0 Å². The molecule has 0 fully saturated rings.